The maximum atomic E-state index is 10.0. The molecule has 4 nitrogen and oxygen atoms in total. The van der Waals surface area contributed by atoms with E-state index in [2.05, 4.69) is 16.0 Å². The number of hydrogen-bond acceptors (Lipinski definition) is 4. The predicted molar refractivity (Wildman–Crippen MR) is 98.8 cm³/mol. The number of pyridine rings is 2. The van der Waals surface area contributed by atoms with Gasteiger partial charge in [0.2, 0.25) is 0 Å². The molecule has 3 aromatic rings. The Balaban J connectivity index is 0.000000366. The number of allylic oxidation sites excluding steroid dienone is 2. The third kappa shape index (κ3) is 7.09. The number of hydrogen-bond donors (Lipinski definition) is 1. The first-order valence-electron chi connectivity index (χ1n) is 7.78. The first kappa shape index (κ1) is 21.4. The van der Waals surface area contributed by atoms with Gasteiger partial charge in [-0.15, -0.1) is 29.8 Å². The summed E-state index contributed by atoms with van der Waals surface area (Å²) >= 11 is 0. The van der Waals surface area contributed by atoms with E-state index in [0.29, 0.717) is 0 Å². The smallest absolute Gasteiger partial charge is 0.155 e. The van der Waals surface area contributed by atoms with Crippen LogP contribution in [0.5, 0.6) is 0 Å². The fraction of sp³-hybridized carbons (Fsp3) is 0.0952. The van der Waals surface area contributed by atoms with Crippen molar-refractivity contribution in [1.29, 1.82) is 0 Å². The molecular formula is C21H19IrN2O2-. The van der Waals surface area contributed by atoms with E-state index in [1.54, 1.807) is 12.4 Å². The van der Waals surface area contributed by atoms with Crippen molar-refractivity contribution in [3.63, 3.8) is 0 Å². The average Bonchev–Trinajstić information content (AvgIpc) is 2.63. The molecular weight excluding hydrogens is 504 g/mol. The van der Waals surface area contributed by atoms with Gasteiger partial charge in [0, 0.05) is 44.3 Å². The quantitative estimate of drug-likeness (QED) is 0.309. The van der Waals surface area contributed by atoms with Crippen LogP contribution in [0.1, 0.15) is 13.8 Å². The van der Waals surface area contributed by atoms with Crippen molar-refractivity contribution in [2.75, 3.05) is 0 Å². The van der Waals surface area contributed by atoms with E-state index in [-0.39, 0.29) is 31.6 Å². The van der Waals surface area contributed by atoms with Crippen molar-refractivity contribution in [3.8, 4) is 22.5 Å². The predicted octanol–water partition coefficient (Wildman–Crippen LogP) is 4.65. The molecule has 0 unspecified atom stereocenters. The molecule has 0 saturated heterocycles. The Bertz CT molecular complexity index is 770. The van der Waals surface area contributed by atoms with Crippen LogP contribution < -0.4 is 0 Å². The molecule has 2 aromatic heterocycles. The van der Waals surface area contributed by atoms with Crippen molar-refractivity contribution in [2.24, 2.45) is 0 Å². The second-order valence-corrected chi connectivity index (χ2v) is 5.32. The standard InChI is InChI=1S/C16H11N2.C5H8O2.Ir/c1-3-11-17-15(5-1)13-7-9-14(10-8-13)16-6-2-4-12-18-16;1-4(6)3-5(2)7;/h1-9,11-12H;3,6H,1-2H3;/q-1;;/b;4-3-;. The van der Waals surface area contributed by atoms with Gasteiger partial charge in [0.1, 0.15) is 0 Å². The molecule has 5 heteroatoms. The topological polar surface area (TPSA) is 63.1 Å². The van der Waals surface area contributed by atoms with E-state index >= 15 is 0 Å². The summed E-state index contributed by atoms with van der Waals surface area (Å²) in [5.74, 6) is -0.0625. The van der Waals surface area contributed by atoms with Crippen LogP contribution in [0.4, 0.5) is 0 Å². The molecule has 26 heavy (non-hydrogen) atoms. The average molecular weight is 524 g/mol. The molecule has 2 heterocycles. The fourth-order valence-corrected chi connectivity index (χ4v) is 2.09. The first-order valence-corrected chi connectivity index (χ1v) is 7.78. The maximum Gasteiger partial charge on any atom is 0.155 e. The van der Waals surface area contributed by atoms with Crippen molar-refractivity contribution in [3.05, 3.63) is 84.9 Å². The third-order valence-corrected chi connectivity index (χ3v) is 3.13. The summed E-state index contributed by atoms with van der Waals surface area (Å²) in [5, 5.41) is 8.36. The largest absolute Gasteiger partial charge is 0.512 e. The van der Waals surface area contributed by atoms with Crippen LogP contribution in [-0.2, 0) is 24.9 Å². The third-order valence-electron chi connectivity index (χ3n) is 3.13. The normalized spacial score (nSPS) is 10.2. The molecule has 0 aliphatic heterocycles. The Kier molecular flexibility index (Phi) is 9.13. The van der Waals surface area contributed by atoms with Gasteiger partial charge in [0.15, 0.2) is 5.78 Å². The second-order valence-electron chi connectivity index (χ2n) is 5.32. The Morgan fingerprint density at radius 2 is 1.58 bits per heavy atom. The summed E-state index contributed by atoms with van der Waals surface area (Å²) in [7, 11) is 0. The molecule has 1 N–H and O–H groups in total. The van der Waals surface area contributed by atoms with Gasteiger partial charge in [-0.25, -0.2) is 0 Å². The van der Waals surface area contributed by atoms with Crippen LogP contribution in [0, 0.1) is 6.07 Å². The molecule has 1 radical (unpaired) electrons. The van der Waals surface area contributed by atoms with Crippen LogP contribution in [0.15, 0.2) is 78.8 Å². The number of aromatic nitrogens is 2. The van der Waals surface area contributed by atoms with E-state index < -0.39 is 0 Å². The maximum absolute atomic E-state index is 10.0. The molecule has 0 atom stereocenters. The second kappa shape index (κ2) is 11.1. The van der Waals surface area contributed by atoms with Crippen molar-refractivity contribution in [1.82, 2.24) is 9.97 Å². The molecule has 0 amide bonds. The zero-order chi connectivity index (χ0) is 18.1. The van der Waals surface area contributed by atoms with E-state index in [1.807, 2.05) is 54.6 Å². The first-order chi connectivity index (χ1) is 12.1. The molecule has 0 bridgehead atoms. The van der Waals surface area contributed by atoms with Gasteiger partial charge in [-0.05, 0) is 37.7 Å². The van der Waals surface area contributed by atoms with Crippen LogP contribution in [0.25, 0.3) is 22.5 Å². The molecule has 0 aliphatic rings. The summed E-state index contributed by atoms with van der Waals surface area (Å²) in [6, 6.07) is 21.0. The summed E-state index contributed by atoms with van der Waals surface area (Å²) in [6.45, 7) is 2.85. The summed E-state index contributed by atoms with van der Waals surface area (Å²) in [6.07, 6.45) is 4.75. The van der Waals surface area contributed by atoms with Crippen LogP contribution >= 0.6 is 0 Å². The fourth-order valence-electron chi connectivity index (χ4n) is 2.09. The number of carbonyl (C=O) groups is 1. The van der Waals surface area contributed by atoms with Gasteiger partial charge in [-0.2, -0.15) is 0 Å². The number of ketones is 1. The molecule has 135 valence electrons. The van der Waals surface area contributed by atoms with Gasteiger partial charge in [0.25, 0.3) is 0 Å². The van der Waals surface area contributed by atoms with Crippen LogP contribution in [0.2, 0.25) is 0 Å². The Morgan fingerprint density at radius 3 is 1.96 bits per heavy atom. The molecule has 0 fully saturated rings. The van der Waals surface area contributed by atoms with E-state index in [4.69, 9.17) is 5.11 Å². The van der Waals surface area contributed by atoms with Gasteiger partial charge in [-0.3, -0.25) is 9.78 Å². The minimum Gasteiger partial charge on any atom is -0.512 e. The summed E-state index contributed by atoms with van der Waals surface area (Å²) in [5.41, 5.74) is 3.96. The van der Waals surface area contributed by atoms with Crippen molar-refractivity contribution in [2.45, 2.75) is 13.8 Å². The minimum absolute atomic E-state index is 0. The number of aliphatic hydroxyl groups is 1. The Labute approximate surface area is 167 Å². The number of rotatable bonds is 3. The molecule has 0 aliphatic carbocycles. The molecule has 0 saturated carbocycles. The number of benzene rings is 1. The van der Waals surface area contributed by atoms with Gasteiger partial charge >= 0.3 is 0 Å². The number of nitrogens with zero attached hydrogens (tertiary/aromatic N) is 2. The zero-order valence-corrected chi connectivity index (χ0v) is 16.9. The summed E-state index contributed by atoms with van der Waals surface area (Å²) < 4.78 is 0. The van der Waals surface area contributed by atoms with Crippen molar-refractivity contribution >= 4 is 5.78 Å². The zero-order valence-electron chi connectivity index (χ0n) is 14.5. The number of carbonyl (C=O) groups excluding carboxylic acids is 1. The molecule has 1 aromatic carbocycles. The van der Waals surface area contributed by atoms with Crippen molar-refractivity contribution < 1.29 is 30.0 Å². The Hall–Kier alpha value is -2.62. The SMILES string of the molecule is CC(=O)/C=C(/C)O.[Ir].[c-]1cc(-c2ccccn2)ccc1-c1ccccn1. The molecule has 0 spiro atoms. The minimum atomic E-state index is -0.125. The van der Waals surface area contributed by atoms with E-state index in [9.17, 15) is 4.79 Å². The van der Waals surface area contributed by atoms with Gasteiger partial charge < -0.3 is 10.1 Å². The van der Waals surface area contributed by atoms with E-state index in [0.717, 1.165) is 22.5 Å². The Morgan fingerprint density at radius 1 is 0.962 bits per heavy atom. The monoisotopic (exact) mass is 524 g/mol. The summed E-state index contributed by atoms with van der Waals surface area (Å²) in [4.78, 5) is 18.6. The number of aliphatic hydroxyl groups excluding tert-OH is 1. The van der Waals surface area contributed by atoms with E-state index in [1.165, 1.54) is 19.9 Å². The van der Waals surface area contributed by atoms with Gasteiger partial charge in [0.05, 0.1) is 5.76 Å². The van der Waals surface area contributed by atoms with Crippen LogP contribution in [-0.4, -0.2) is 20.9 Å². The van der Waals surface area contributed by atoms with Gasteiger partial charge in [-0.1, -0.05) is 23.8 Å². The molecule has 3 rings (SSSR count). The van der Waals surface area contributed by atoms with Crippen LogP contribution in [0.3, 0.4) is 0 Å².